The molecule has 0 aromatic heterocycles. The molecule has 1 atom stereocenters. The molecule has 0 bridgehead atoms. The first-order valence-electron chi connectivity index (χ1n) is 10.4. The zero-order valence-electron chi connectivity index (χ0n) is 16.7. The number of para-hydroxylation sites is 1. The van der Waals surface area contributed by atoms with Gasteiger partial charge in [0.15, 0.2) is 0 Å². The van der Waals surface area contributed by atoms with E-state index in [1.807, 2.05) is 18.2 Å². The Kier molecular flexibility index (Phi) is 6.47. The molecule has 5 nitrogen and oxygen atoms in total. The van der Waals surface area contributed by atoms with Gasteiger partial charge in [-0.05, 0) is 43.7 Å². The Bertz CT molecular complexity index is 829. The summed E-state index contributed by atoms with van der Waals surface area (Å²) < 4.78 is 11.4. The predicted molar refractivity (Wildman–Crippen MR) is 115 cm³/mol. The van der Waals surface area contributed by atoms with Crippen LogP contribution in [0.3, 0.4) is 0 Å². The van der Waals surface area contributed by atoms with Gasteiger partial charge in [0.2, 0.25) is 0 Å². The van der Waals surface area contributed by atoms with E-state index in [1.54, 1.807) is 12.3 Å². The molecule has 0 N–H and O–H groups in total. The molecule has 29 heavy (non-hydrogen) atoms. The van der Waals surface area contributed by atoms with Crippen LogP contribution in [0.25, 0.3) is 0 Å². The Balaban J connectivity index is 1.15. The third-order valence-electron chi connectivity index (χ3n) is 5.60. The van der Waals surface area contributed by atoms with Crippen LogP contribution in [0.1, 0.15) is 24.3 Å². The van der Waals surface area contributed by atoms with Crippen molar-refractivity contribution in [3.8, 4) is 11.5 Å². The van der Waals surface area contributed by atoms with Crippen LogP contribution in [-0.4, -0.2) is 50.5 Å². The number of hydrogen-bond donors (Lipinski definition) is 0. The summed E-state index contributed by atoms with van der Waals surface area (Å²) in [7, 11) is 0. The lowest BCUT2D eigenvalue weighted by Gasteiger charge is -2.36. The largest absolute Gasteiger partial charge is 0.493 e. The topological polar surface area (TPSA) is 42.0 Å². The first kappa shape index (κ1) is 19.5. The van der Waals surface area contributed by atoms with Crippen molar-refractivity contribution in [1.29, 1.82) is 0 Å². The average Bonchev–Trinajstić information content (AvgIpc) is 2.79. The molecule has 2 aliphatic heterocycles. The Hall–Kier alpha value is -2.79. The minimum absolute atomic E-state index is 0.227. The molecular formula is C24H28N2O3. The molecule has 0 aliphatic carbocycles. The molecule has 1 fully saturated rings. The van der Waals surface area contributed by atoms with Crippen LogP contribution >= 0.6 is 0 Å². The van der Waals surface area contributed by atoms with Crippen molar-refractivity contribution < 1.29 is 14.3 Å². The molecule has 2 aromatic rings. The van der Waals surface area contributed by atoms with E-state index in [0.29, 0.717) is 12.4 Å². The van der Waals surface area contributed by atoms with Crippen LogP contribution in [0, 0.1) is 0 Å². The van der Waals surface area contributed by atoms with Gasteiger partial charge in [0.1, 0.15) is 17.8 Å². The monoisotopic (exact) mass is 392 g/mol. The third kappa shape index (κ3) is 4.98. The molecule has 0 amide bonds. The number of carbonyl (C=O) groups is 1. The molecule has 152 valence electrons. The van der Waals surface area contributed by atoms with Gasteiger partial charge in [0, 0.05) is 43.5 Å². The van der Waals surface area contributed by atoms with E-state index < -0.39 is 0 Å². The van der Waals surface area contributed by atoms with Gasteiger partial charge >= 0.3 is 0 Å². The second-order valence-electron chi connectivity index (χ2n) is 7.53. The molecule has 2 heterocycles. The number of anilines is 1. The fourth-order valence-electron chi connectivity index (χ4n) is 3.90. The maximum atomic E-state index is 11.1. The van der Waals surface area contributed by atoms with Gasteiger partial charge in [-0.3, -0.25) is 4.90 Å². The number of carbonyl (C=O) groups excluding carboxylic acids is 1. The van der Waals surface area contributed by atoms with E-state index in [-0.39, 0.29) is 5.92 Å². The number of rotatable bonds is 8. The van der Waals surface area contributed by atoms with Gasteiger partial charge in [-0.1, -0.05) is 24.3 Å². The van der Waals surface area contributed by atoms with E-state index in [0.717, 1.165) is 63.2 Å². The number of aldehydes is 1. The third-order valence-corrected chi connectivity index (χ3v) is 5.60. The highest BCUT2D eigenvalue weighted by molar-refractivity contribution is 5.68. The lowest BCUT2D eigenvalue weighted by molar-refractivity contribution is -0.108. The highest BCUT2D eigenvalue weighted by Gasteiger charge is 2.18. The summed E-state index contributed by atoms with van der Waals surface area (Å²) in [5.41, 5.74) is 2.22. The van der Waals surface area contributed by atoms with E-state index in [9.17, 15) is 4.79 Å². The van der Waals surface area contributed by atoms with Crippen molar-refractivity contribution in [3.05, 3.63) is 66.4 Å². The van der Waals surface area contributed by atoms with Crippen LogP contribution in [0.5, 0.6) is 11.5 Å². The van der Waals surface area contributed by atoms with Crippen molar-refractivity contribution in [1.82, 2.24) is 4.90 Å². The maximum absolute atomic E-state index is 11.1. The average molecular weight is 392 g/mol. The molecule has 1 unspecified atom stereocenters. The number of benzene rings is 2. The maximum Gasteiger partial charge on any atom is 0.134 e. The Morgan fingerprint density at radius 2 is 1.86 bits per heavy atom. The summed E-state index contributed by atoms with van der Waals surface area (Å²) in [5, 5.41) is 0. The summed E-state index contributed by atoms with van der Waals surface area (Å²) in [6, 6.07) is 16.4. The standard InChI is InChI=1S/C24H28N2O3/c27-19-20-10-17-29-24-18-22(8-9-23(20)24)28-16-5-4-11-25-12-14-26(15-13-25)21-6-2-1-3-7-21/h1-3,6-10,17-20H,4-5,11-16H2. The van der Waals surface area contributed by atoms with E-state index in [2.05, 4.69) is 40.1 Å². The molecule has 0 saturated carbocycles. The van der Waals surface area contributed by atoms with Crippen LogP contribution in [-0.2, 0) is 4.79 Å². The van der Waals surface area contributed by atoms with Crippen molar-refractivity contribution in [2.24, 2.45) is 0 Å². The predicted octanol–water partition coefficient (Wildman–Crippen LogP) is 3.86. The Morgan fingerprint density at radius 1 is 1.03 bits per heavy atom. The summed E-state index contributed by atoms with van der Waals surface area (Å²) in [5.74, 6) is 1.27. The van der Waals surface area contributed by atoms with Crippen LogP contribution in [0.15, 0.2) is 60.9 Å². The van der Waals surface area contributed by atoms with Crippen molar-refractivity contribution in [3.63, 3.8) is 0 Å². The number of nitrogens with zero attached hydrogens (tertiary/aromatic N) is 2. The van der Waals surface area contributed by atoms with Gasteiger partial charge in [-0.2, -0.15) is 0 Å². The van der Waals surface area contributed by atoms with Crippen molar-refractivity contribution in [2.45, 2.75) is 18.8 Å². The lowest BCUT2D eigenvalue weighted by atomic mass is 9.98. The quantitative estimate of drug-likeness (QED) is 0.504. The molecular weight excluding hydrogens is 364 g/mol. The highest BCUT2D eigenvalue weighted by atomic mass is 16.5. The first-order chi connectivity index (χ1) is 14.3. The van der Waals surface area contributed by atoms with Crippen LogP contribution < -0.4 is 14.4 Å². The number of ether oxygens (including phenoxy) is 2. The zero-order valence-corrected chi connectivity index (χ0v) is 16.7. The smallest absolute Gasteiger partial charge is 0.134 e. The summed E-state index contributed by atoms with van der Waals surface area (Å²) in [6.45, 7) is 6.21. The summed E-state index contributed by atoms with van der Waals surface area (Å²) in [6.07, 6.45) is 6.41. The molecule has 5 heteroatoms. The molecule has 0 spiro atoms. The van der Waals surface area contributed by atoms with Crippen molar-refractivity contribution >= 4 is 12.0 Å². The molecule has 2 aliphatic rings. The van der Waals surface area contributed by atoms with E-state index in [4.69, 9.17) is 9.47 Å². The Morgan fingerprint density at radius 3 is 2.66 bits per heavy atom. The van der Waals surface area contributed by atoms with E-state index in [1.165, 1.54) is 5.69 Å². The van der Waals surface area contributed by atoms with Gasteiger partial charge in [0.25, 0.3) is 0 Å². The number of allylic oxidation sites excluding steroid dienone is 1. The normalized spacial score (nSPS) is 18.8. The number of fused-ring (bicyclic) bond motifs is 1. The first-order valence-corrected chi connectivity index (χ1v) is 10.4. The lowest BCUT2D eigenvalue weighted by Crippen LogP contribution is -2.46. The molecule has 1 saturated heterocycles. The van der Waals surface area contributed by atoms with Gasteiger partial charge in [-0.25, -0.2) is 0 Å². The second kappa shape index (κ2) is 9.61. The van der Waals surface area contributed by atoms with Crippen molar-refractivity contribution in [2.75, 3.05) is 44.2 Å². The fraction of sp³-hybridized carbons (Fsp3) is 0.375. The molecule has 2 aromatic carbocycles. The van der Waals surface area contributed by atoms with Crippen LogP contribution in [0.2, 0.25) is 0 Å². The minimum atomic E-state index is -0.227. The molecule has 0 radical (unpaired) electrons. The highest BCUT2D eigenvalue weighted by Crippen LogP contribution is 2.33. The molecule has 4 rings (SSSR count). The minimum Gasteiger partial charge on any atom is -0.493 e. The summed E-state index contributed by atoms with van der Waals surface area (Å²) in [4.78, 5) is 16.1. The fourth-order valence-corrected chi connectivity index (χ4v) is 3.90. The van der Waals surface area contributed by atoms with Gasteiger partial charge in [-0.15, -0.1) is 0 Å². The SMILES string of the molecule is O=CC1C=COc2cc(OCCCCN3CCN(c4ccccc4)CC3)ccc21. The van der Waals surface area contributed by atoms with Gasteiger partial charge < -0.3 is 19.2 Å². The van der Waals surface area contributed by atoms with Gasteiger partial charge in [0.05, 0.1) is 18.8 Å². The number of unbranched alkanes of at least 4 members (excludes halogenated alkanes) is 1. The summed E-state index contributed by atoms with van der Waals surface area (Å²) >= 11 is 0. The van der Waals surface area contributed by atoms with Crippen LogP contribution in [0.4, 0.5) is 5.69 Å². The Labute approximate surface area is 172 Å². The zero-order chi connectivity index (χ0) is 19.9. The number of hydrogen-bond acceptors (Lipinski definition) is 5. The van der Waals surface area contributed by atoms with E-state index >= 15 is 0 Å². The number of piperazine rings is 1. The second-order valence-corrected chi connectivity index (χ2v) is 7.53.